The molecule has 0 fully saturated rings. The predicted octanol–water partition coefficient (Wildman–Crippen LogP) is -0.962. The molecule has 0 spiro atoms. The number of hydrogen-bond acceptors (Lipinski definition) is 1. The van der Waals surface area contributed by atoms with Gasteiger partial charge in [-0.1, -0.05) is 13.3 Å². The van der Waals surface area contributed by atoms with Gasteiger partial charge in [0, 0.05) is 6.61 Å². The van der Waals surface area contributed by atoms with Crippen LogP contribution in [0.1, 0.15) is 19.8 Å². The molecule has 0 heterocycles. The number of aliphatic hydroxyl groups is 1. The summed E-state index contributed by atoms with van der Waals surface area (Å²) in [6, 6.07) is 0. The molecule has 0 aromatic rings. The molecule has 0 saturated carbocycles. The van der Waals surface area contributed by atoms with Gasteiger partial charge in [-0.25, -0.2) is 0 Å². The van der Waals surface area contributed by atoms with Crippen molar-refractivity contribution in [2.45, 2.75) is 19.8 Å². The Labute approximate surface area is 61.2 Å². The first-order valence-corrected chi connectivity index (χ1v) is 2.02. The number of hydrogen-bond donors (Lipinski definition) is 1. The second-order valence-electron chi connectivity index (χ2n) is 1.08. The standard InChI is InChI=1S/C4H10O.H2O.Sn.2H/c1-2-3-4-5;;;;/h5H,2-4H2,1H3;1H2;;;. The van der Waals surface area contributed by atoms with Crippen LogP contribution in [0.5, 0.6) is 0 Å². The van der Waals surface area contributed by atoms with E-state index in [1.54, 1.807) is 0 Å². The van der Waals surface area contributed by atoms with Crippen molar-refractivity contribution in [2.24, 2.45) is 0 Å². The van der Waals surface area contributed by atoms with E-state index in [0.717, 1.165) is 12.8 Å². The van der Waals surface area contributed by atoms with Crippen molar-refractivity contribution in [1.82, 2.24) is 0 Å². The third-order valence-corrected chi connectivity index (χ3v) is 0.512. The van der Waals surface area contributed by atoms with Crippen molar-refractivity contribution in [3.8, 4) is 0 Å². The van der Waals surface area contributed by atoms with Gasteiger partial charge in [0.25, 0.3) is 0 Å². The average molecular weight is 213 g/mol. The summed E-state index contributed by atoms with van der Waals surface area (Å²) in [5.41, 5.74) is 0. The second-order valence-corrected chi connectivity index (χ2v) is 1.08. The van der Waals surface area contributed by atoms with E-state index < -0.39 is 0 Å². The number of rotatable bonds is 2. The van der Waals surface area contributed by atoms with Gasteiger partial charge in [-0.3, -0.25) is 0 Å². The van der Waals surface area contributed by atoms with Crippen LogP contribution in [0.3, 0.4) is 0 Å². The Morgan fingerprint density at radius 1 is 1.43 bits per heavy atom. The molecule has 0 aliphatic rings. The fraction of sp³-hybridized carbons (Fsp3) is 1.00. The first kappa shape index (κ1) is 15.6. The minimum atomic E-state index is 0. The molecule has 0 aromatic carbocycles. The summed E-state index contributed by atoms with van der Waals surface area (Å²) in [5.74, 6) is 0. The Balaban J connectivity index is -0.0000000800. The maximum absolute atomic E-state index is 8.07. The van der Waals surface area contributed by atoms with Crippen molar-refractivity contribution in [2.75, 3.05) is 6.61 Å². The van der Waals surface area contributed by atoms with Gasteiger partial charge in [-0.15, -0.1) is 0 Å². The zero-order valence-electron chi connectivity index (χ0n) is 4.78. The van der Waals surface area contributed by atoms with Crippen molar-refractivity contribution < 1.29 is 10.6 Å². The summed E-state index contributed by atoms with van der Waals surface area (Å²) in [7, 11) is 0. The summed E-state index contributed by atoms with van der Waals surface area (Å²) in [6.07, 6.45) is 2.04. The molecule has 0 rings (SSSR count). The molecule has 2 radical (unpaired) electrons. The third-order valence-electron chi connectivity index (χ3n) is 0.512. The van der Waals surface area contributed by atoms with Gasteiger partial charge < -0.3 is 10.6 Å². The number of unbranched alkanes of at least 4 members (excludes halogenated alkanes) is 1. The molecule has 7 heavy (non-hydrogen) atoms. The Bertz CT molecular complexity index is 17.2. The van der Waals surface area contributed by atoms with Crippen LogP contribution in [-0.4, -0.2) is 41.1 Å². The van der Waals surface area contributed by atoms with Crippen LogP contribution < -0.4 is 0 Å². The Morgan fingerprint density at radius 2 is 1.86 bits per heavy atom. The quantitative estimate of drug-likeness (QED) is 0.590. The van der Waals surface area contributed by atoms with Gasteiger partial charge >= 0.3 is 23.9 Å². The van der Waals surface area contributed by atoms with E-state index in [0.29, 0.717) is 6.61 Å². The zero-order valence-corrected chi connectivity index (χ0v) is 8.81. The molecular weight excluding hydrogens is 199 g/mol. The molecule has 46 valence electrons. The zero-order chi connectivity index (χ0) is 4.12. The summed E-state index contributed by atoms with van der Waals surface area (Å²) >= 11 is 0. The Morgan fingerprint density at radius 3 is 1.86 bits per heavy atom. The van der Waals surface area contributed by atoms with Crippen LogP contribution >= 0.6 is 0 Å². The summed E-state index contributed by atoms with van der Waals surface area (Å²) in [5, 5.41) is 8.07. The average Bonchev–Trinajstić information content (AvgIpc) is 1.41. The van der Waals surface area contributed by atoms with Gasteiger partial charge in [0.2, 0.25) is 0 Å². The molecule has 3 N–H and O–H groups in total. The van der Waals surface area contributed by atoms with Crippen LogP contribution in [-0.2, 0) is 0 Å². The molecule has 0 atom stereocenters. The molecule has 0 aromatic heterocycles. The molecule has 0 aliphatic heterocycles. The summed E-state index contributed by atoms with van der Waals surface area (Å²) < 4.78 is 0. The van der Waals surface area contributed by atoms with Crippen molar-refractivity contribution in [1.29, 1.82) is 0 Å². The Hall–Kier alpha value is 0.719. The predicted molar refractivity (Wildman–Crippen MR) is 34.2 cm³/mol. The molecule has 0 aliphatic carbocycles. The summed E-state index contributed by atoms with van der Waals surface area (Å²) in [6.45, 7) is 2.40. The molecule has 0 amide bonds. The normalized spacial score (nSPS) is 6.00. The van der Waals surface area contributed by atoms with Crippen LogP contribution in [0.25, 0.3) is 0 Å². The van der Waals surface area contributed by atoms with E-state index in [4.69, 9.17) is 5.11 Å². The molecular formula is C4H14O2Sn. The van der Waals surface area contributed by atoms with E-state index in [1.165, 1.54) is 0 Å². The summed E-state index contributed by atoms with van der Waals surface area (Å²) in [4.78, 5) is 0. The fourth-order valence-electron chi connectivity index (χ4n) is 0.158. The van der Waals surface area contributed by atoms with Crippen LogP contribution in [0.2, 0.25) is 0 Å². The maximum atomic E-state index is 8.07. The van der Waals surface area contributed by atoms with E-state index in [9.17, 15) is 0 Å². The van der Waals surface area contributed by atoms with Gasteiger partial charge in [-0.2, -0.15) is 0 Å². The second kappa shape index (κ2) is 15.9. The molecule has 0 unspecified atom stereocenters. The first-order chi connectivity index (χ1) is 2.41. The van der Waals surface area contributed by atoms with E-state index in [1.807, 2.05) is 0 Å². The van der Waals surface area contributed by atoms with Crippen LogP contribution in [0.15, 0.2) is 0 Å². The minimum absolute atomic E-state index is 0. The fourth-order valence-corrected chi connectivity index (χ4v) is 0.158. The van der Waals surface area contributed by atoms with E-state index in [-0.39, 0.29) is 29.4 Å². The van der Waals surface area contributed by atoms with E-state index in [2.05, 4.69) is 6.92 Å². The van der Waals surface area contributed by atoms with Crippen molar-refractivity contribution >= 4 is 23.9 Å². The van der Waals surface area contributed by atoms with Gasteiger partial charge in [-0.05, 0) is 6.42 Å². The van der Waals surface area contributed by atoms with Crippen molar-refractivity contribution in [3.05, 3.63) is 0 Å². The van der Waals surface area contributed by atoms with Crippen LogP contribution in [0.4, 0.5) is 0 Å². The molecule has 0 bridgehead atoms. The molecule has 2 nitrogen and oxygen atoms in total. The van der Waals surface area contributed by atoms with Gasteiger partial charge in [0.15, 0.2) is 0 Å². The van der Waals surface area contributed by atoms with E-state index >= 15 is 0 Å². The van der Waals surface area contributed by atoms with Crippen LogP contribution in [0, 0.1) is 0 Å². The SMILES string of the molecule is CCCCO.O.[SnH2]. The topological polar surface area (TPSA) is 51.7 Å². The monoisotopic (exact) mass is 214 g/mol. The third kappa shape index (κ3) is 20.2. The van der Waals surface area contributed by atoms with Crippen molar-refractivity contribution in [3.63, 3.8) is 0 Å². The van der Waals surface area contributed by atoms with Gasteiger partial charge in [0.1, 0.15) is 0 Å². The number of aliphatic hydroxyl groups excluding tert-OH is 1. The van der Waals surface area contributed by atoms with Gasteiger partial charge in [0.05, 0.1) is 0 Å². The Kier molecular flexibility index (Phi) is 35.5. The molecule has 3 heteroatoms. The molecule has 0 saturated heterocycles. The first-order valence-electron chi connectivity index (χ1n) is 2.02.